The Bertz CT molecular complexity index is 396. The van der Waals surface area contributed by atoms with E-state index >= 15 is 0 Å². The van der Waals surface area contributed by atoms with Gasteiger partial charge in [0, 0.05) is 6.20 Å². The number of aromatic nitrogens is 2. The van der Waals surface area contributed by atoms with E-state index in [1.165, 1.54) is 18.4 Å². The molecule has 1 amide bonds. The van der Waals surface area contributed by atoms with Crippen LogP contribution < -0.4 is 11.1 Å². The van der Waals surface area contributed by atoms with Crippen LogP contribution in [0.3, 0.4) is 0 Å². The molecule has 3 N–H and O–H groups in total. The summed E-state index contributed by atoms with van der Waals surface area (Å²) in [5.74, 6) is 0.321. The molecule has 1 aliphatic carbocycles. The SMILES string of the molecule is CNC(C)(Cn1cc(C2CC2)cn1)C(N)=O. The zero-order valence-corrected chi connectivity index (χ0v) is 9.73. The van der Waals surface area contributed by atoms with Crippen molar-refractivity contribution in [3.8, 4) is 0 Å². The number of likely N-dealkylation sites (N-methyl/N-ethyl adjacent to an activating group) is 1. The summed E-state index contributed by atoms with van der Waals surface area (Å²) in [5, 5.41) is 7.21. The fourth-order valence-electron chi connectivity index (χ4n) is 1.70. The van der Waals surface area contributed by atoms with Crippen LogP contribution in [0.15, 0.2) is 12.4 Å². The van der Waals surface area contributed by atoms with E-state index in [4.69, 9.17) is 5.73 Å². The number of carbonyl (C=O) groups is 1. The topological polar surface area (TPSA) is 72.9 Å². The molecule has 5 heteroatoms. The van der Waals surface area contributed by atoms with Crippen molar-refractivity contribution in [3.05, 3.63) is 18.0 Å². The van der Waals surface area contributed by atoms with Gasteiger partial charge in [0.25, 0.3) is 0 Å². The molecule has 5 nitrogen and oxygen atoms in total. The van der Waals surface area contributed by atoms with Crippen molar-refractivity contribution in [1.82, 2.24) is 15.1 Å². The Hall–Kier alpha value is -1.36. The third-order valence-electron chi connectivity index (χ3n) is 3.28. The molecule has 1 fully saturated rings. The Morgan fingerprint density at radius 1 is 1.75 bits per heavy atom. The summed E-state index contributed by atoms with van der Waals surface area (Å²) in [6.45, 7) is 2.25. The standard InChI is InChI=1S/C11H18N4O/c1-11(13-2,10(12)16)7-15-6-9(5-14-15)8-3-4-8/h5-6,8,13H,3-4,7H2,1-2H3,(H2,12,16). The summed E-state index contributed by atoms with van der Waals surface area (Å²) in [7, 11) is 1.73. The molecule has 1 heterocycles. The minimum atomic E-state index is -0.743. The highest BCUT2D eigenvalue weighted by Crippen LogP contribution is 2.39. The molecule has 1 unspecified atom stereocenters. The van der Waals surface area contributed by atoms with Gasteiger partial charge >= 0.3 is 0 Å². The van der Waals surface area contributed by atoms with E-state index in [1.54, 1.807) is 18.7 Å². The van der Waals surface area contributed by atoms with Crippen molar-refractivity contribution in [2.24, 2.45) is 5.73 Å². The summed E-state index contributed by atoms with van der Waals surface area (Å²) in [4.78, 5) is 11.3. The van der Waals surface area contributed by atoms with Gasteiger partial charge in [-0.05, 0) is 38.3 Å². The van der Waals surface area contributed by atoms with Gasteiger partial charge in [-0.1, -0.05) is 0 Å². The van der Waals surface area contributed by atoms with Gasteiger partial charge in [0.05, 0.1) is 12.7 Å². The fourth-order valence-corrected chi connectivity index (χ4v) is 1.70. The molecular formula is C11H18N4O. The Morgan fingerprint density at radius 3 is 2.94 bits per heavy atom. The Labute approximate surface area is 95.0 Å². The highest BCUT2D eigenvalue weighted by Gasteiger charge is 2.31. The van der Waals surface area contributed by atoms with Crippen molar-refractivity contribution < 1.29 is 4.79 Å². The van der Waals surface area contributed by atoms with Gasteiger partial charge in [0.1, 0.15) is 5.54 Å². The first-order chi connectivity index (χ1) is 7.55. The van der Waals surface area contributed by atoms with Crippen LogP contribution in [-0.2, 0) is 11.3 Å². The Morgan fingerprint density at radius 2 is 2.44 bits per heavy atom. The monoisotopic (exact) mass is 222 g/mol. The Kier molecular flexibility index (Phi) is 2.71. The predicted molar refractivity (Wildman–Crippen MR) is 60.9 cm³/mol. The first-order valence-electron chi connectivity index (χ1n) is 5.56. The minimum absolute atomic E-state index is 0.363. The van der Waals surface area contributed by atoms with Gasteiger partial charge in [-0.15, -0.1) is 0 Å². The molecule has 0 bridgehead atoms. The lowest BCUT2D eigenvalue weighted by Gasteiger charge is -2.25. The van der Waals surface area contributed by atoms with Gasteiger partial charge in [0.2, 0.25) is 5.91 Å². The average molecular weight is 222 g/mol. The smallest absolute Gasteiger partial charge is 0.239 e. The zero-order valence-electron chi connectivity index (χ0n) is 9.73. The number of primary amides is 1. The molecule has 1 saturated carbocycles. The van der Waals surface area contributed by atoms with E-state index in [0.717, 1.165) is 0 Å². The molecular weight excluding hydrogens is 204 g/mol. The van der Waals surface area contributed by atoms with Crippen molar-refractivity contribution in [2.75, 3.05) is 7.05 Å². The number of nitrogens with two attached hydrogens (primary N) is 1. The number of nitrogens with one attached hydrogen (secondary N) is 1. The van der Waals surface area contributed by atoms with Crippen molar-refractivity contribution >= 4 is 5.91 Å². The van der Waals surface area contributed by atoms with E-state index < -0.39 is 5.54 Å². The third-order valence-corrected chi connectivity index (χ3v) is 3.28. The average Bonchev–Trinajstić information content (AvgIpc) is 3.00. The second kappa shape index (κ2) is 3.90. The number of amides is 1. The molecule has 0 aliphatic heterocycles. The molecule has 1 aromatic heterocycles. The molecule has 88 valence electrons. The maximum absolute atomic E-state index is 11.3. The van der Waals surface area contributed by atoms with Gasteiger partial charge in [-0.3, -0.25) is 9.48 Å². The van der Waals surface area contributed by atoms with Gasteiger partial charge in [0.15, 0.2) is 0 Å². The summed E-state index contributed by atoms with van der Waals surface area (Å²) in [6.07, 6.45) is 6.40. The van der Waals surface area contributed by atoms with Crippen LogP contribution in [0.1, 0.15) is 31.2 Å². The minimum Gasteiger partial charge on any atom is -0.368 e. The predicted octanol–water partition coefficient (Wildman–Crippen LogP) is 0.224. The van der Waals surface area contributed by atoms with E-state index in [1.807, 2.05) is 12.4 Å². The molecule has 1 atom stereocenters. The lowest BCUT2D eigenvalue weighted by Crippen LogP contribution is -2.54. The number of rotatable bonds is 5. The number of hydrogen-bond acceptors (Lipinski definition) is 3. The van der Waals surface area contributed by atoms with Crippen LogP contribution in [0.5, 0.6) is 0 Å². The zero-order chi connectivity index (χ0) is 11.8. The van der Waals surface area contributed by atoms with Crippen LogP contribution in [0, 0.1) is 0 Å². The number of nitrogens with zero attached hydrogens (tertiary/aromatic N) is 2. The molecule has 0 saturated heterocycles. The largest absolute Gasteiger partial charge is 0.368 e. The quantitative estimate of drug-likeness (QED) is 0.748. The van der Waals surface area contributed by atoms with Gasteiger partial charge in [-0.2, -0.15) is 5.10 Å². The van der Waals surface area contributed by atoms with Crippen LogP contribution >= 0.6 is 0 Å². The molecule has 1 aliphatic rings. The van der Waals surface area contributed by atoms with E-state index in [2.05, 4.69) is 10.4 Å². The summed E-state index contributed by atoms with van der Waals surface area (Å²) >= 11 is 0. The van der Waals surface area contributed by atoms with E-state index in [0.29, 0.717) is 12.5 Å². The number of carbonyl (C=O) groups excluding carboxylic acids is 1. The van der Waals surface area contributed by atoms with Crippen LogP contribution in [0.25, 0.3) is 0 Å². The molecule has 0 spiro atoms. The molecule has 16 heavy (non-hydrogen) atoms. The van der Waals surface area contributed by atoms with E-state index in [-0.39, 0.29) is 5.91 Å². The second-order valence-electron chi connectivity index (χ2n) is 4.69. The summed E-state index contributed by atoms with van der Waals surface area (Å²) < 4.78 is 1.79. The molecule has 1 aromatic rings. The first-order valence-corrected chi connectivity index (χ1v) is 5.56. The summed E-state index contributed by atoms with van der Waals surface area (Å²) in [6, 6.07) is 0. The molecule has 0 aromatic carbocycles. The highest BCUT2D eigenvalue weighted by molar-refractivity contribution is 5.84. The van der Waals surface area contributed by atoms with Gasteiger partial charge in [-0.25, -0.2) is 0 Å². The first kappa shape index (κ1) is 11.1. The van der Waals surface area contributed by atoms with Gasteiger partial charge < -0.3 is 11.1 Å². The van der Waals surface area contributed by atoms with Crippen LogP contribution in [0.4, 0.5) is 0 Å². The van der Waals surface area contributed by atoms with Crippen LogP contribution in [0.2, 0.25) is 0 Å². The molecule has 2 rings (SSSR count). The Balaban J connectivity index is 2.09. The van der Waals surface area contributed by atoms with Crippen molar-refractivity contribution in [1.29, 1.82) is 0 Å². The summed E-state index contributed by atoms with van der Waals surface area (Å²) in [5.41, 5.74) is 5.89. The third kappa shape index (κ3) is 2.09. The maximum Gasteiger partial charge on any atom is 0.239 e. The lowest BCUT2D eigenvalue weighted by atomic mass is 10.0. The van der Waals surface area contributed by atoms with E-state index in [9.17, 15) is 4.79 Å². The lowest BCUT2D eigenvalue weighted by molar-refractivity contribution is -0.124. The van der Waals surface area contributed by atoms with Crippen molar-refractivity contribution in [2.45, 2.75) is 37.8 Å². The molecule has 0 radical (unpaired) electrons. The van der Waals surface area contributed by atoms with Crippen molar-refractivity contribution in [3.63, 3.8) is 0 Å². The second-order valence-corrected chi connectivity index (χ2v) is 4.69. The fraction of sp³-hybridized carbons (Fsp3) is 0.636. The normalized spacial score (nSPS) is 19.4. The highest BCUT2D eigenvalue weighted by atomic mass is 16.1. The van der Waals surface area contributed by atoms with Crippen LogP contribution in [-0.4, -0.2) is 28.3 Å². The maximum atomic E-state index is 11.3. The number of hydrogen-bond donors (Lipinski definition) is 2.